The number of piperazine rings is 1. The highest BCUT2D eigenvalue weighted by Gasteiger charge is 2.48. The molecule has 1 saturated carbocycles. The smallest absolute Gasteiger partial charge is 0.365 e. The summed E-state index contributed by atoms with van der Waals surface area (Å²) >= 11 is 0.412. The number of halogens is 3. The maximum atomic E-state index is 12.8. The second-order valence-electron chi connectivity index (χ2n) is 8.31. The van der Waals surface area contributed by atoms with E-state index in [2.05, 4.69) is 0 Å². The molecule has 1 aliphatic carbocycles. The Balaban J connectivity index is 1.53. The molecule has 2 unspecified atom stereocenters. The Bertz CT molecular complexity index is 968. The summed E-state index contributed by atoms with van der Waals surface area (Å²) in [7, 11) is 1.61. The molecule has 0 N–H and O–H groups in total. The summed E-state index contributed by atoms with van der Waals surface area (Å²) < 4.78 is 38.5. The number of likely N-dealkylation sites (N-methyl/N-ethyl adjacent to an activating group) is 1. The summed E-state index contributed by atoms with van der Waals surface area (Å²) in [5.41, 5.74) is 0.0499. The van der Waals surface area contributed by atoms with E-state index in [1.54, 1.807) is 7.05 Å². The minimum atomic E-state index is -4.50. The number of nitro groups is 1. The highest BCUT2D eigenvalue weighted by molar-refractivity contribution is 7.14. The van der Waals surface area contributed by atoms with Crippen molar-refractivity contribution in [2.24, 2.45) is 5.92 Å². The van der Waals surface area contributed by atoms with Gasteiger partial charge in [-0.2, -0.15) is 13.2 Å². The van der Waals surface area contributed by atoms with Crippen LogP contribution in [0.2, 0.25) is 0 Å². The molecule has 3 heterocycles. The molecule has 4 rings (SSSR count). The van der Waals surface area contributed by atoms with Crippen LogP contribution in [0.15, 0.2) is 23.5 Å². The zero-order valence-corrected chi connectivity index (χ0v) is 18.2. The van der Waals surface area contributed by atoms with E-state index in [4.69, 9.17) is 0 Å². The molecule has 2 aliphatic heterocycles. The van der Waals surface area contributed by atoms with Gasteiger partial charge >= 0.3 is 17.8 Å². The number of fused-ring (bicyclic) bond motifs is 1. The maximum Gasteiger partial charge on any atom is 0.425 e. The number of hydrogen-bond donors (Lipinski definition) is 0. The predicted molar refractivity (Wildman–Crippen MR) is 109 cm³/mol. The fourth-order valence-electron chi connectivity index (χ4n) is 4.96. The van der Waals surface area contributed by atoms with Crippen LogP contribution in [0.5, 0.6) is 0 Å². The van der Waals surface area contributed by atoms with Crippen molar-refractivity contribution in [3.8, 4) is 0 Å². The molecular formula is C20H23F3N4O4S. The van der Waals surface area contributed by atoms with Crippen molar-refractivity contribution >= 4 is 23.2 Å². The van der Waals surface area contributed by atoms with Gasteiger partial charge in [0.25, 0.3) is 5.91 Å². The molecule has 2 atom stereocenters. The first-order valence-electron chi connectivity index (χ1n) is 10.5. The van der Waals surface area contributed by atoms with Crippen molar-refractivity contribution in [3.05, 3.63) is 43.4 Å². The van der Waals surface area contributed by atoms with Crippen LogP contribution in [0.1, 0.15) is 40.2 Å². The Labute approximate surface area is 186 Å². The molecule has 1 aromatic heterocycles. The molecule has 1 saturated heterocycles. The molecule has 0 bridgehead atoms. The SMILES string of the molecule is CN1C(=O)C([N+](=O)[O-])=C(N2CCN(C(=O)c3ccc(C(F)(F)F)s3)CC2)C2CCCCC21. The molecule has 0 spiro atoms. The van der Waals surface area contributed by atoms with Crippen molar-refractivity contribution < 1.29 is 27.7 Å². The van der Waals surface area contributed by atoms with E-state index in [1.807, 2.05) is 4.90 Å². The van der Waals surface area contributed by atoms with Gasteiger partial charge in [-0.3, -0.25) is 19.7 Å². The van der Waals surface area contributed by atoms with Crippen LogP contribution in [0, 0.1) is 16.0 Å². The lowest BCUT2D eigenvalue weighted by Gasteiger charge is -2.46. The molecular weight excluding hydrogens is 449 g/mol. The Hall–Kier alpha value is -2.63. The van der Waals surface area contributed by atoms with Gasteiger partial charge in [0.15, 0.2) is 0 Å². The molecule has 0 aromatic carbocycles. The number of hydrogen-bond acceptors (Lipinski definition) is 6. The second kappa shape index (κ2) is 8.38. The van der Waals surface area contributed by atoms with Crippen LogP contribution >= 0.6 is 11.3 Å². The number of carbonyl (C=O) groups excluding carboxylic acids is 2. The molecule has 1 aromatic rings. The number of thiophene rings is 1. The normalized spacial score (nSPS) is 24.6. The number of alkyl halides is 3. The molecule has 8 nitrogen and oxygen atoms in total. The first-order chi connectivity index (χ1) is 15.1. The van der Waals surface area contributed by atoms with E-state index in [-0.39, 0.29) is 43.0 Å². The Morgan fingerprint density at radius 3 is 2.41 bits per heavy atom. The van der Waals surface area contributed by atoms with Crippen LogP contribution in [-0.2, 0) is 11.0 Å². The standard InChI is InChI=1S/C20H23F3N4O4S/c1-24-13-5-3-2-4-12(13)16(17(19(24)29)27(30)31)25-8-10-26(11-9-25)18(28)14-6-7-15(32-14)20(21,22)23/h6-7,12-13H,2-5,8-11H2,1H3. The van der Waals surface area contributed by atoms with Crippen LogP contribution < -0.4 is 0 Å². The van der Waals surface area contributed by atoms with Gasteiger partial charge in [0.1, 0.15) is 10.6 Å². The van der Waals surface area contributed by atoms with Gasteiger partial charge in [-0.25, -0.2) is 0 Å². The van der Waals surface area contributed by atoms with Crippen LogP contribution in [0.4, 0.5) is 13.2 Å². The Kier molecular flexibility index (Phi) is 5.91. The van der Waals surface area contributed by atoms with Crippen LogP contribution in [-0.4, -0.2) is 70.7 Å². The van der Waals surface area contributed by atoms with Crippen molar-refractivity contribution in [2.75, 3.05) is 33.2 Å². The van der Waals surface area contributed by atoms with Crippen molar-refractivity contribution in [3.63, 3.8) is 0 Å². The molecule has 0 radical (unpaired) electrons. The monoisotopic (exact) mass is 472 g/mol. The van der Waals surface area contributed by atoms with E-state index in [1.165, 1.54) is 15.9 Å². The number of amides is 2. The first-order valence-corrected chi connectivity index (χ1v) is 11.3. The topological polar surface area (TPSA) is 87.0 Å². The van der Waals surface area contributed by atoms with E-state index in [0.717, 1.165) is 31.7 Å². The van der Waals surface area contributed by atoms with E-state index in [9.17, 15) is 32.9 Å². The van der Waals surface area contributed by atoms with Gasteiger partial charge in [-0.1, -0.05) is 12.8 Å². The van der Waals surface area contributed by atoms with Crippen molar-refractivity contribution in [1.82, 2.24) is 14.7 Å². The average molecular weight is 472 g/mol. The summed E-state index contributed by atoms with van der Waals surface area (Å²) in [5, 5.41) is 11.8. The lowest BCUT2D eigenvalue weighted by atomic mass is 9.78. The van der Waals surface area contributed by atoms with Crippen molar-refractivity contribution in [1.29, 1.82) is 0 Å². The third-order valence-corrected chi connectivity index (χ3v) is 7.65. The first kappa shape index (κ1) is 22.6. The minimum Gasteiger partial charge on any atom is -0.365 e. The highest BCUT2D eigenvalue weighted by atomic mass is 32.1. The maximum absolute atomic E-state index is 12.8. The third kappa shape index (κ3) is 3.96. The Morgan fingerprint density at radius 2 is 1.81 bits per heavy atom. The van der Waals surface area contributed by atoms with Crippen LogP contribution in [0.25, 0.3) is 0 Å². The van der Waals surface area contributed by atoms with Gasteiger partial charge in [-0.05, 0) is 25.0 Å². The summed E-state index contributed by atoms with van der Waals surface area (Å²) in [6.45, 7) is 1.01. The molecule has 12 heteroatoms. The van der Waals surface area contributed by atoms with E-state index in [0.29, 0.717) is 17.0 Å². The van der Waals surface area contributed by atoms with Crippen molar-refractivity contribution in [2.45, 2.75) is 37.9 Å². The van der Waals surface area contributed by atoms with Crippen LogP contribution in [0.3, 0.4) is 0 Å². The molecule has 2 fully saturated rings. The fourth-order valence-corrected chi connectivity index (χ4v) is 5.81. The average Bonchev–Trinajstić information content (AvgIpc) is 3.26. The quantitative estimate of drug-likeness (QED) is 0.499. The van der Waals surface area contributed by atoms with E-state index >= 15 is 0 Å². The third-order valence-electron chi connectivity index (χ3n) is 6.53. The molecule has 2 amide bonds. The summed E-state index contributed by atoms with van der Waals surface area (Å²) in [4.78, 5) is 40.6. The number of rotatable bonds is 3. The van der Waals surface area contributed by atoms with Gasteiger partial charge < -0.3 is 14.7 Å². The van der Waals surface area contributed by atoms with Gasteiger partial charge in [0.05, 0.1) is 9.80 Å². The number of carbonyl (C=O) groups is 2. The lowest BCUT2D eigenvalue weighted by Crippen LogP contribution is -2.56. The zero-order valence-electron chi connectivity index (χ0n) is 17.4. The molecule has 174 valence electrons. The van der Waals surface area contributed by atoms with Gasteiger partial charge in [-0.15, -0.1) is 11.3 Å². The van der Waals surface area contributed by atoms with Gasteiger partial charge in [0.2, 0.25) is 0 Å². The fraction of sp³-hybridized carbons (Fsp3) is 0.600. The summed E-state index contributed by atoms with van der Waals surface area (Å²) in [6, 6.07) is 1.99. The zero-order chi connectivity index (χ0) is 23.2. The number of nitrogens with zero attached hydrogens (tertiary/aromatic N) is 4. The van der Waals surface area contributed by atoms with Gasteiger partial charge in [0, 0.05) is 45.2 Å². The largest absolute Gasteiger partial charge is 0.425 e. The lowest BCUT2D eigenvalue weighted by molar-refractivity contribution is -0.424. The minimum absolute atomic E-state index is 0.0118. The highest BCUT2D eigenvalue weighted by Crippen LogP contribution is 2.41. The molecule has 32 heavy (non-hydrogen) atoms. The van der Waals surface area contributed by atoms with E-state index < -0.39 is 33.5 Å². The summed E-state index contributed by atoms with van der Waals surface area (Å²) in [6.07, 6.45) is -1.06. The second-order valence-corrected chi connectivity index (χ2v) is 9.39. The predicted octanol–water partition coefficient (Wildman–Crippen LogP) is 3.04. The summed E-state index contributed by atoms with van der Waals surface area (Å²) in [5.74, 6) is -1.20. The molecule has 3 aliphatic rings. The Morgan fingerprint density at radius 1 is 1.16 bits per heavy atom.